The van der Waals surface area contributed by atoms with Gasteiger partial charge in [-0.2, -0.15) is 18.3 Å². The molecule has 1 aliphatic rings. The van der Waals surface area contributed by atoms with Crippen LogP contribution in [0.25, 0.3) is 22.0 Å². The molecule has 0 bridgehead atoms. The smallest absolute Gasteiger partial charge is 0.366 e. The number of aromatic nitrogens is 4. The van der Waals surface area contributed by atoms with E-state index in [1.807, 2.05) is 0 Å². The third-order valence-corrected chi connectivity index (χ3v) is 5.97. The normalized spacial score (nSPS) is 13.9. The Kier molecular flexibility index (Phi) is 5.11. The highest BCUT2D eigenvalue weighted by molar-refractivity contribution is 6.15. The average molecular weight is 484 g/mol. The molecule has 0 radical (unpaired) electrons. The first kappa shape index (κ1) is 22.6. The third-order valence-electron chi connectivity index (χ3n) is 5.97. The molecular formula is C23H19F3N6O3. The number of alkyl halides is 3. The van der Waals surface area contributed by atoms with Gasteiger partial charge in [0.1, 0.15) is 17.1 Å². The van der Waals surface area contributed by atoms with Crippen molar-refractivity contribution in [2.75, 3.05) is 0 Å². The van der Waals surface area contributed by atoms with E-state index in [0.29, 0.717) is 11.5 Å². The zero-order valence-corrected chi connectivity index (χ0v) is 18.4. The quantitative estimate of drug-likeness (QED) is 0.429. The number of hydrogen-bond donors (Lipinski definition) is 2. The number of benzene rings is 1. The number of amides is 2. The summed E-state index contributed by atoms with van der Waals surface area (Å²) in [6, 6.07) is 7.85. The molecule has 9 nitrogen and oxygen atoms in total. The van der Waals surface area contributed by atoms with Gasteiger partial charge in [0.15, 0.2) is 5.69 Å². The number of halogens is 3. The number of pyridine rings is 1. The van der Waals surface area contributed by atoms with E-state index in [2.05, 4.69) is 15.2 Å². The van der Waals surface area contributed by atoms with Crippen LogP contribution in [0.5, 0.6) is 0 Å². The van der Waals surface area contributed by atoms with Gasteiger partial charge in [0.05, 0.1) is 17.6 Å². The highest BCUT2D eigenvalue weighted by Crippen LogP contribution is 2.43. The Morgan fingerprint density at radius 1 is 1.14 bits per heavy atom. The van der Waals surface area contributed by atoms with Crippen molar-refractivity contribution >= 4 is 22.7 Å². The summed E-state index contributed by atoms with van der Waals surface area (Å²) in [5.74, 6) is -1.20. The van der Waals surface area contributed by atoms with E-state index in [-0.39, 0.29) is 34.6 Å². The van der Waals surface area contributed by atoms with Crippen molar-refractivity contribution in [1.29, 1.82) is 0 Å². The van der Waals surface area contributed by atoms with E-state index in [0.717, 1.165) is 17.5 Å². The van der Waals surface area contributed by atoms with Crippen LogP contribution < -0.4 is 11.5 Å². The first-order valence-corrected chi connectivity index (χ1v) is 10.7. The van der Waals surface area contributed by atoms with Crippen LogP contribution in [0.4, 0.5) is 13.2 Å². The van der Waals surface area contributed by atoms with Gasteiger partial charge in [-0.25, -0.2) is 4.98 Å². The van der Waals surface area contributed by atoms with Crippen LogP contribution >= 0.6 is 0 Å². The van der Waals surface area contributed by atoms with Crippen molar-refractivity contribution in [2.24, 2.45) is 11.5 Å². The lowest BCUT2D eigenvalue weighted by atomic mass is 9.92. The lowest BCUT2D eigenvalue weighted by Gasteiger charge is -2.15. The maximum absolute atomic E-state index is 14.2. The fourth-order valence-corrected chi connectivity index (χ4v) is 4.20. The van der Waals surface area contributed by atoms with Crippen LogP contribution in [0, 0.1) is 6.92 Å². The molecule has 35 heavy (non-hydrogen) atoms. The lowest BCUT2D eigenvalue weighted by Crippen LogP contribution is -2.21. The molecule has 0 unspecified atom stereocenters. The summed E-state index contributed by atoms with van der Waals surface area (Å²) in [5, 5.41) is 7.91. The first-order chi connectivity index (χ1) is 16.6. The fraction of sp³-hybridized carbons (Fsp3) is 0.261. The molecule has 3 heterocycles. The summed E-state index contributed by atoms with van der Waals surface area (Å²) in [6.07, 6.45) is -2.99. The molecule has 5 rings (SSSR count). The Morgan fingerprint density at radius 3 is 2.49 bits per heavy atom. The molecule has 1 fully saturated rings. The Balaban J connectivity index is 1.78. The topological polar surface area (TPSA) is 143 Å². The Labute approximate surface area is 195 Å². The van der Waals surface area contributed by atoms with Gasteiger partial charge < -0.3 is 16.0 Å². The number of fused-ring (bicyclic) bond motifs is 1. The van der Waals surface area contributed by atoms with Crippen molar-refractivity contribution in [3.05, 3.63) is 64.4 Å². The molecule has 1 aromatic carbocycles. The number of rotatable bonds is 6. The average Bonchev–Trinajstić information content (AvgIpc) is 3.45. The van der Waals surface area contributed by atoms with Gasteiger partial charge in [-0.3, -0.25) is 14.3 Å². The van der Waals surface area contributed by atoms with E-state index < -0.39 is 40.5 Å². The van der Waals surface area contributed by atoms with Crippen molar-refractivity contribution in [3.63, 3.8) is 0 Å². The van der Waals surface area contributed by atoms with Crippen LogP contribution in [0.2, 0.25) is 0 Å². The molecule has 4 N–H and O–H groups in total. The number of nitrogens with zero attached hydrogens (tertiary/aromatic N) is 4. The van der Waals surface area contributed by atoms with Gasteiger partial charge in [0.25, 0.3) is 5.91 Å². The molecule has 0 saturated heterocycles. The summed E-state index contributed by atoms with van der Waals surface area (Å²) in [4.78, 5) is 29.0. The third kappa shape index (κ3) is 3.90. The SMILES string of the molecule is Cc1c(-c2c(C(N)=O)nc3ccccc3c2C(N)=O)c(C(F)(F)F)nn1Cc1cc(C2CC2)on1. The molecule has 12 heteroatoms. The largest absolute Gasteiger partial charge is 0.435 e. The second-order valence-electron chi connectivity index (χ2n) is 8.42. The molecule has 2 amide bonds. The minimum absolute atomic E-state index is 0.0235. The van der Waals surface area contributed by atoms with E-state index in [1.165, 1.54) is 19.1 Å². The highest BCUT2D eigenvalue weighted by atomic mass is 19.4. The molecule has 1 saturated carbocycles. The van der Waals surface area contributed by atoms with Crippen LogP contribution in [0.3, 0.4) is 0 Å². The molecule has 0 atom stereocenters. The summed E-state index contributed by atoms with van der Waals surface area (Å²) < 4.78 is 49.0. The minimum Gasteiger partial charge on any atom is -0.366 e. The maximum Gasteiger partial charge on any atom is 0.435 e. The van der Waals surface area contributed by atoms with Gasteiger partial charge in [0, 0.05) is 34.2 Å². The summed E-state index contributed by atoms with van der Waals surface area (Å²) in [5.41, 5.74) is 8.71. The number of para-hydroxylation sites is 1. The van der Waals surface area contributed by atoms with Crippen LogP contribution in [0.15, 0.2) is 34.9 Å². The lowest BCUT2D eigenvalue weighted by molar-refractivity contribution is -0.141. The number of nitrogens with two attached hydrogens (primary N) is 2. The molecule has 3 aromatic heterocycles. The van der Waals surface area contributed by atoms with Crippen molar-refractivity contribution in [1.82, 2.24) is 19.9 Å². The van der Waals surface area contributed by atoms with E-state index in [1.54, 1.807) is 18.2 Å². The Hall–Kier alpha value is -4.22. The molecule has 0 spiro atoms. The van der Waals surface area contributed by atoms with Crippen LogP contribution in [-0.2, 0) is 12.7 Å². The number of hydrogen-bond acceptors (Lipinski definition) is 6. The fourth-order valence-electron chi connectivity index (χ4n) is 4.20. The second-order valence-corrected chi connectivity index (χ2v) is 8.42. The first-order valence-electron chi connectivity index (χ1n) is 10.7. The highest BCUT2D eigenvalue weighted by Gasteiger charge is 2.41. The maximum atomic E-state index is 14.2. The number of carbonyl (C=O) groups is 2. The number of carbonyl (C=O) groups excluding carboxylic acids is 2. The Bertz CT molecular complexity index is 1500. The van der Waals surface area contributed by atoms with Gasteiger partial charge >= 0.3 is 6.18 Å². The predicted octanol–water partition coefficient (Wildman–Crippen LogP) is 3.54. The minimum atomic E-state index is -4.93. The molecular weight excluding hydrogens is 465 g/mol. The van der Waals surface area contributed by atoms with Gasteiger partial charge in [-0.05, 0) is 25.8 Å². The summed E-state index contributed by atoms with van der Waals surface area (Å²) in [7, 11) is 0. The van der Waals surface area contributed by atoms with Crippen LogP contribution in [-0.4, -0.2) is 31.7 Å². The van der Waals surface area contributed by atoms with Crippen molar-refractivity contribution in [3.8, 4) is 11.1 Å². The summed E-state index contributed by atoms with van der Waals surface area (Å²) >= 11 is 0. The van der Waals surface area contributed by atoms with E-state index in [4.69, 9.17) is 16.0 Å². The van der Waals surface area contributed by atoms with E-state index >= 15 is 0 Å². The predicted molar refractivity (Wildman–Crippen MR) is 117 cm³/mol. The monoisotopic (exact) mass is 484 g/mol. The van der Waals surface area contributed by atoms with Crippen LogP contribution in [0.1, 0.15) is 62.4 Å². The second kappa shape index (κ2) is 7.93. The van der Waals surface area contributed by atoms with E-state index in [9.17, 15) is 22.8 Å². The van der Waals surface area contributed by atoms with Gasteiger partial charge in [-0.1, -0.05) is 23.4 Å². The van der Waals surface area contributed by atoms with Crippen molar-refractivity contribution in [2.45, 2.75) is 38.4 Å². The van der Waals surface area contributed by atoms with Gasteiger partial charge in [-0.15, -0.1) is 0 Å². The summed E-state index contributed by atoms with van der Waals surface area (Å²) in [6.45, 7) is 1.27. The number of primary amides is 2. The zero-order chi connectivity index (χ0) is 25.1. The standard InChI is InChI=1S/C23H19F3N6O3/c1-10-16(18-17(21(27)33)13-4-2-3-5-14(13)29-19(18)22(28)34)20(23(24,25)26)30-32(10)9-12-8-15(35-31-12)11-6-7-11/h2-5,8,11H,6-7,9H2,1H3,(H2,27,33)(H2,28,34). The Morgan fingerprint density at radius 2 is 1.86 bits per heavy atom. The van der Waals surface area contributed by atoms with Crippen molar-refractivity contribution < 1.29 is 27.3 Å². The van der Waals surface area contributed by atoms with Gasteiger partial charge in [0.2, 0.25) is 5.91 Å². The molecule has 1 aliphatic carbocycles. The molecule has 0 aliphatic heterocycles. The molecule has 4 aromatic rings. The zero-order valence-electron chi connectivity index (χ0n) is 18.4. The molecule has 180 valence electrons.